The molecule has 2 aromatic rings. The lowest BCUT2D eigenvalue weighted by molar-refractivity contribution is 0.412. The molecule has 1 heterocycles. The molecule has 0 atom stereocenters. The third-order valence-corrected chi connectivity index (χ3v) is 2.68. The molecule has 0 saturated carbocycles. The summed E-state index contributed by atoms with van der Waals surface area (Å²) in [5.74, 6) is 2.12. The van der Waals surface area contributed by atoms with E-state index in [1.807, 2.05) is 20.8 Å². The Hall–Kier alpha value is -2.54. The highest BCUT2D eigenvalue weighted by molar-refractivity contribution is 5.66. The molecule has 7 heteroatoms. The summed E-state index contributed by atoms with van der Waals surface area (Å²) in [6, 6.07) is 7.15. The highest BCUT2D eigenvalue weighted by atomic mass is 16.5. The van der Waals surface area contributed by atoms with Crippen LogP contribution in [0.2, 0.25) is 0 Å². The molecule has 0 unspecified atom stereocenters. The van der Waals surface area contributed by atoms with Crippen LogP contribution in [0.15, 0.2) is 30.6 Å². The number of anilines is 2. The fourth-order valence-electron chi connectivity index (χ4n) is 1.56. The van der Waals surface area contributed by atoms with E-state index in [2.05, 4.69) is 20.8 Å². The predicted octanol–water partition coefficient (Wildman–Crippen LogP) is 2.57. The second-order valence-electron chi connectivity index (χ2n) is 5.72. The van der Waals surface area contributed by atoms with Crippen LogP contribution < -0.4 is 26.1 Å². The van der Waals surface area contributed by atoms with Gasteiger partial charge in [-0.3, -0.25) is 0 Å². The van der Waals surface area contributed by atoms with Crippen LogP contribution in [0.3, 0.4) is 0 Å². The minimum Gasteiger partial charge on any atom is -0.497 e. The second kappa shape index (κ2) is 6.48. The zero-order chi connectivity index (χ0) is 16.2. The standard InChI is InChI=1S/C15H21N5O2/c1-15(2,3)20-19-13-12(16)14(18-9-17-13)22-11-7-5-10(21-4)6-8-11/h5-9,20H,16H2,1-4H3,(H,17,18,19). The Labute approximate surface area is 129 Å². The van der Waals surface area contributed by atoms with Crippen molar-refractivity contribution in [3.8, 4) is 17.4 Å². The molecule has 0 amide bonds. The lowest BCUT2D eigenvalue weighted by Crippen LogP contribution is -2.40. The number of nitrogens with one attached hydrogen (secondary N) is 2. The SMILES string of the molecule is COc1ccc(Oc2ncnc(NNC(C)(C)C)c2N)cc1. The Balaban J connectivity index is 2.13. The maximum atomic E-state index is 6.04. The molecule has 1 aromatic heterocycles. The van der Waals surface area contributed by atoms with E-state index in [0.29, 0.717) is 23.1 Å². The number of methoxy groups -OCH3 is 1. The monoisotopic (exact) mass is 303 g/mol. The van der Waals surface area contributed by atoms with E-state index in [9.17, 15) is 0 Å². The molecule has 0 radical (unpaired) electrons. The number of nitrogen functional groups attached to an aromatic ring is 1. The Morgan fingerprint density at radius 2 is 1.68 bits per heavy atom. The molecule has 0 spiro atoms. The van der Waals surface area contributed by atoms with Gasteiger partial charge in [-0.05, 0) is 45.0 Å². The van der Waals surface area contributed by atoms with Crippen LogP contribution >= 0.6 is 0 Å². The summed E-state index contributed by atoms with van der Waals surface area (Å²) in [6.45, 7) is 6.06. The lowest BCUT2D eigenvalue weighted by Gasteiger charge is -2.22. The largest absolute Gasteiger partial charge is 0.497 e. The summed E-state index contributed by atoms with van der Waals surface area (Å²) < 4.78 is 10.8. The van der Waals surface area contributed by atoms with Gasteiger partial charge in [0.1, 0.15) is 23.5 Å². The second-order valence-corrected chi connectivity index (χ2v) is 5.72. The molecule has 0 aliphatic carbocycles. The zero-order valence-corrected chi connectivity index (χ0v) is 13.2. The Bertz CT molecular complexity index is 623. The molecule has 0 saturated heterocycles. The molecule has 22 heavy (non-hydrogen) atoms. The van der Waals surface area contributed by atoms with Gasteiger partial charge in [0.25, 0.3) is 0 Å². The van der Waals surface area contributed by atoms with Gasteiger partial charge in [-0.15, -0.1) is 0 Å². The van der Waals surface area contributed by atoms with Gasteiger partial charge >= 0.3 is 0 Å². The first kappa shape index (κ1) is 15.8. The molecule has 0 fully saturated rings. The minimum absolute atomic E-state index is 0.131. The minimum atomic E-state index is -0.131. The fraction of sp³-hybridized carbons (Fsp3) is 0.333. The zero-order valence-electron chi connectivity index (χ0n) is 13.2. The molecule has 7 nitrogen and oxygen atoms in total. The van der Waals surface area contributed by atoms with Crippen molar-refractivity contribution in [2.24, 2.45) is 0 Å². The fourth-order valence-corrected chi connectivity index (χ4v) is 1.56. The molecule has 2 rings (SSSR count). The van der Waals surface area contributed by atoms with Crippen LogP contribution in [-0.4, -0.2) is 22.6 Å². The van der Waals surface area contributed by atoms with Gasteiger partial charge in [0.05, 0.1) is 7.11 Å². The summed E-state index contributed by atoms with van der Waals surface area (Å²) in [6.07, 6.45) is 1.39. The van der Waals surface area contributed by atoms with E-state index in [1.54, 1.807) is 31.4 Å². The summed E-state index contributed by atoms with van der Waals surface area (Å²) >= 11 is 0. The van der Waals surface area contributed by atoms with Gasteiger partial charge in [0.2, 0.25) is 5.88 Å². The molecule has 1 aromatic carbocycles. The summed E-state index contributed by atoms with van der Waals surface area (Å²) in [5, 5.41) is 0. The topological polar surface area (TPSA) is 94.3 Å². The molecule has 0 aliphatic rings. The maximum absolute atomic E-state index is 6.04. The van der Waals surface area contributed by atoms with Gasteiger partial charge in [0.15, 0.2) is 5.82 Å². The first-order chi connectivity index (χ1) is 10.4. The third kappa shape index (κ3) is 4.23. The Morgan fingerprint density at radius 1 is 1.05 bits per heavy atom. The van der Waals surface area contributed by atoms with Crippen molar-refractivity contribution in [3.05, 3.63) is 30.6 Å². The van der Waals surface area contributed by atoms with E-state index in [1.165, 1.54) is 6.33 Å². The van der Waals surface area contributed by atoms with E-state index < -0.39 is 0 Å². The number of nitrogens with two attached hydrogens (primary N) is 1. The molecular formula is C15H21N5O2. The quantitative estimate of drug-likeness (QED) is 0.731. The van der Waals surface area contributed by atoms with E-state index >= 15 is 0 Å². The lowest BCUT2D eigenvalue weighted by atomic mass is 10.1. The van der Waals surface area contributed by atoms with Crippen LogP contribution in [0.1, 0.15) is 20.8 Å². The summed E-state index contributed by atoms with van der Waals surface area (Å²) in [5.41, 5.74) is 12.3. The number of hydrogen-bond acceptors (Lipinski definition) is 7. The first-order valence-electron chi connectivity index (χ1n) is 6.84. The molecule has 118 valence electrons. The van der Waals surface area contributed by atoms with E-state index in [0.717, 1.165) is 5.75 Å². The number of hydrazine groups is 1. The normalized spacial score (nSPS) is 11.1. The number of rotatable bonds is 5. The van der Waals surface area contributed by atoms with Crippen LogP contribution in [0.5, 0.6) is 17.4 Å². The van der Waals surface area contributed by atoms with Crippen molar-refractivity contribution >= 4 is 11.5 Å². The third-order valence-electron chi connectivity index (χ3n) is 2.68. The smallest absolute Gasteiger partial charge is 0.248 e. The van der Waals surface area contributed by atoms with Crippen molar-refractivity contribution in [2.45, 2.75) is 26.3 Å². The molecule has 4 N–H and O–H groups in total. The number of benzene rings is 1. The average molecular weight is 303 g/mol. The predicted molar refractivity (Wildman–Crippen MR) is 86.0 cm³/mol. The van der Waals surface area contributed by atoms with Crippen molar-refractivity contribution in [1.29, 1.82) is 0 Å². The number of hydrogen-bond donors (Lipinski definition) is 3. The summed E-state index contributed by atoms with van der Waals surface area (Å²) in [7, 11) is 1.61. The van der Waals surface area contributed by atoms with Crippen molar-refractivity contribution in [3.63, 3.8) is 0 Å². The van der Waals surface area contributed by atoms with Crippen molar-refractivity contribution in [2.75, 3.05) is 18.3 Å². The Morgan fingerprint density at radius 3 is 2.27 bits per heavy atom. The van der Waals surface area contributed by atoms with Crippen LogP contribution in [-0.2, 0) is 0 Å². The maximum Gasteiger partial charge on any atom is 0.248 e. The van der Waals surface area contributed by atoms with Crippen LogP contribution in [0, 0.1) is 0 Å². The van der Waals surface area contributed by atoms with Crippen LogP contribution in [0.25, 0.3) is 0 Å². The van der Waals surface area contributed by atoms with Crippen molar-refractivity contribution in [1.82, 2.24) is 15.4 Å². The van der Waals surface area contributed by atoms with Crippen molar-refractivity contribution < 1.29 is 9.47 Å². The van der Waals surface area contributed by atoms with Gasteiger partial charge < -0.3 is 20.6 Å². The van der Waals surface area contributed by atoms with Gasteiger partial charge in [-0.25, -0.2) is 10.4 Å². The van der Waals surface area contributed by atoms with Gasteiger partial charge in [-0.2, -0.15) is 4.98 Å². The number of nitrogens with zero attached hydrogens (tertiary/aromatic N) is 2. The van der Waals surface area contributed by atoms with Gasteiger partial charge in [0, 0.05) is 5.54 Å². The van der Waals surface area contributed by atoms with E-state index in [4.69, 9.17) is 15.2 Å². The van der Waals surface area contributed by atoms with Crippen LogP contribution in [0.4, 0.5) is 11.5 Å². The average Bonchev–Trinajstić information content (AvgIpc) is 2.48. The first-order valence-corrected chi connectivity index (χ1v) is 6.84. The number of aromatic nitrogens is 2. The highest BCUT2D eigenvalue weighted by Crippen LogP contribution is 2.29. The molecular weight excluding hydrogens is 282 g/mol. The molecule has 0 bridgehead atoms. The highest BCUT2D eigenvalue weighted by Gasteiger charge is 2.13. The summed E-state index contributed by atoms with van der Waals surface area (Å²) in [4.78, 5) is 8.17. The van der Waals surface area contributed by atoms with Gasteiger partial charge in [-0.1, -0.05) is 0 Å². The van der Waals surface area contributed by atoms with E-state index in [-0.39, 0.29) is 5.54 Å². The number of ether oxygens (including phenoxy) is 2. The molecule has 0 aliphatic heterocycles. The Kier molecular flexibility index (Phi) is 4.67.